The fourth-order valence-electron chi connectivity index (χ4n) is 2.04. The van der Waals surface area contributed by atoms with Gasteiger partial charge in [-0.25, -0.2) is 4.98 Å². The normalized spacial score (nSPS) is 10.8. The van der Waals surface area contributed by atoms with Gasteiger partial charge in [-0.3, -0.25) is 0 Å². The van der Waals surface area contributed by atoms with Gasteiger partial charge in [0.15, 0.2) is 0 Å². The first kappa shape index (κ1) is 11.6. The maximum absolute atomic E-state index is 5.83. The molecule has 0 aliphatic rings. The number of hydrogen-bond donors (Lipinski definition) is 1. The average Bonchev–Trinajstić information content (AvgIpc) is 2.82. The molecule has 0 radical (unpaired) electrons. The number of aromatic nitrogens is 2. The highest BCUT2D eigenvalue weighted by Gasteiger charge is 2.05. The predicted octanol–water partition coefficient (Wildman–Crippen LogP) is 2.80. The van der Waals surface area contributed by atoms with E-state index in [-0.39, 0.29) is 0 Å². The maximum Gasteiger partial charge on any atom is 0.142 e. The highest BCUT2D eigenvalue weighted by Crippen LogP contribution is 2.21. The van der Waals surface area contributed by atoms with Gasteiger partial charge < -0.3 is 14.9 Å². The third kappa shape index (κ3) is 2.25. The third-order valence-corrected chi connectivity index (χ3v) is 3.02. The van der Waals surface area contributed by atoms with Crippen molar-refractivity contribution in [2.24, 2.45) is 0 Å². The van der Waals surface area contributed by atoms with Crippen LogP contribution >= 0.6 is 0 Å². The van der Waals surface area contributed by atoms with Crippen LogP contribution in [0.25, 0.3) is 5.65 Å². The Hall–Kier alpha value is -2.49. The number of fused-ring (bicyclic) bond motifs is 1. The minimum absolute atomic E-state index is 0.412. The van der Waals surface area contributed by atoms with E-state index in [0.717, 1.165) is 16.9 Å². The molecule has 0 bridgehead atoms. The summed E-state index contributed by atoms with van der Waals surface area (Å²) < 4.78 is 7.69. The molecule has 3 rings (SSSR count). The summed E-state index contributed by atoms with van der Waals surface area (Å²) >= 11 is 0. The summed E-state index contributed by atoms with van der Waals surface area (Å²) in [6.45, 7) is 2.46. The molecule has 4 nitrogen and oxygen atoms in total. The van der Waals surface area contributed by atoms with Crippen LogP contribution in [0.2, 0.25) is 0 Å². The van der Waals surface area contributed by atoms with Crippen LogP contribution < -0.4 is 10.5 Å². The largest absolute Gasteiger partial charge is 0.485 e. The Morgan fingerprint density at radius 3 is 2.84 bits per heavy atom. The van der Waals surface area contributed by atoms with Crippen LogP contribution in [-0.4, -0.2) is 9.38 Å². The number of nitrogens with zero attached hydrogens (tertiary/aromatic N) is 2. The average molecular weight is 253 g/mol. The molecular formula is C15H15N3O. The second-order valence-corrected chi connectivity index (χ2v) is 4.48. The molecule has 0 spiro atoms. The number of ether oxygens (including phenoxy) is 1. The van der Waals surface area contributed by atoms with E-state index in [9.17, 15) is 0 Å². The van der Waals surface area contributed by atoms with Crippen molar-refractivity contribution in [1.82, 2.24) is 9.38 Å². The minimum Gasteiger partial charge on any atom is -0.485 e. The summed E-state index contributed by atoms with van der Waals surface area (Å²) in [5.74, 6) is 0.691. The number of para-hydroxylation sites is 2. The Bertz CT molecular complexity index is 718. The zero-order valence-electron chi connectivity index (χ0n) is 10.7. The monoisotopic (exact) mass is 253 g/mol. The summed E-state index contributed by atoms with van der Waals surface area (Å²) in [5, 5.41) is 0. The molecule has 0 saturated heterocycles. The number of imidazole rings is 1. The molecule has 0 fully saturated rings. The Labute approximate surface area is 111 Å². The number of aryl methyl sites for hydroxylation is 1. The molecule has 0 amide bonds. The van der Waals surface area contributed by atoms with Crippen molar-refractivity contribution < 1.29 is 4.74 Å². The first-order valence-electron chi connectivity index (χ1n) is 6.14. The minimum atomic E-state index is 0.412. The van der Waals surface area contributed by atoms with E-state index >= 15 is 0 Å². The van der Waals surface area contributed by atoms with Gasteiger partial charge in [0, 0.05) is 12.4 Å². The van der Waals surface area contributed by atoms with Crippen LogP contribution in [0.15, 0.2) is 48.8 Å². The summed E-state index contributed by atoms with van der Waals surface area (Å²) in [6.07, 6.45) is 3.96. The lowest BCUT2D eigenvalue weighted by Gasteiger charge is -2.06. The van der Waals surface area contributed by atoms with Gasteiger partial charge in [0.25, 0.3) is 0 Å². The predicted molar refractivity (Wildman–Crippen MR) is 75.1 cm³/mol. The number of anilines is 1. The zero-order valence-corrected chi connectivity index (χ0v) is 10.7. The van der Waals surface area contributed by atoms with E-state index in [4.69, 9.17) is 10.5 Å². The van der Waals surface area contributed by atoms with Crippen molar-refractivity contribution in [3.05, 3.63) is 60.0 Å². The molecule has 2 aromatic heterocycles. The van der Waals surface area contributed by atoms with Crippen molar-refractivity contribution in [3.63, 3.8) is 0 Å². The van der Waals surface area contributed by atoms with Crippen LogP contribution in [0.4, 0.5) is 5.69 Å². The standard InChI is InChI=1S/C15H15N3O/c1-11-5-4-8-18-9-12(17-15(11)18)10-19-14-7-3-2-6-13(14)16/h2-9H,10,16H2,1H3. The summed E-state index contributed by atoms with van der Waals surface area (Å²) in [6, 6.07) is 11.5. The molecule has 0 unspecified atom stereocenters. The van der Waals surface area contributed by atoms with Gasteiger partial charge in [-0.1, -0.05) is 18.2 Å². The molecule has 3 aromatic rings. The number of nitrogen functional groups attached to an aromatic ring is 1. The van der Waals surface area contributed by atoms with Crippen molar-refractivity contribution in [2.75, 3.05) is 5.73 Å². The second kappa shape index (κ2) is 4.65. The lowest BCUT2D eigenvalue weighted by atomic mass is 10.3. The molecule has 0 atom stereocenters. The van der Waals surface area contributed by atoms with Gasteiger partial charge in [-0.2, -0.15) is 0 Å². The van der Waals surface area contributed by atoms with Crippen molar-refractivity contribution in [3.8, 4) is 5.75 Å². The molecular weight excluding hydrogens is 238 g/mol. The van der Waals surface area contributed by atoms with Crippen LogP contribution in [0.5, 0.6) is 5.75 Å². The Morgan fingerprint density at radius 2 is 2.05 bits per heavy atom. The highest BCUT2D eigenvalue weighted by atomic mass is 16.5. The van der Waals surface area contributed by atoms with E-state index in [1.807, 2.05) is 60.1 Å². The summed E-state index contributed by atoms with van der Waals surface area (Å²) in [7, 11) is 0. The van der Waals surface area contributed by atoms with Crippen LogP contribution in [0, 0.1) is 6.92 Å². The molecule has 0 saturated carbocycles. The molecule has 4 heteroatoms. The van der Waals surface area contributed by atoms with Crippen molar-refractivity contribution >= 4 is 11.3 Å². The Kier molecular flexibility index (Phi) is 2.83. The SMILES string of the molecule is Cc1cccn2cc(COc3ccccc3N)nc12. The number of hydrogen-bond acceptors (Lipinski definition) is 3. The van der Waals surface area contributed by atoms with Gasteiger partial charge in [-0.05, 0) is 30.7 Å². The molecule has 96 valence electrons. The molecule has 2 heterocycles. The lowest BCUT2D eigenvalue weighted by molar-refractivity contribution is 0.304. The first-order valence-corrected chi connectivity index (χ1v) is 6.14. The van der Waals surface area contributed by atoms with E-state index < -0.39 is 0 Å². The molecule has 19 heavy (non-hydrogen) atoms. The Morgan fingerprint density at radius 1 is 1.21 bits per heavy atom. The smallest absolute Gasteiger partial charge is 0.142 e. The second-order valence-electron chi connectivity index (χ2n) is 4.48. The molecule has 1 aromatic carbocycles. The van der Waals surface area contributed by atoms with Gasteiger partial charge in [0.2, 0.25) is 0 Å². The fourth-order valence-corrected chi connectivity index (χ4v) is 2.04. The van der Waals surface area contributed by atoms with Gasteiger partial charge >= 0.3 is 0 Å². The van der Waals surface area contributed by atoms with Gasteiger partial charge in [0.05, 0.1) is 11.4 Å². The maximum atomic E-state index is 5.83. The van der Waals surface area contributed by atoms with Gasteiger partial charge in [-0.15, -0.1) is 0 Å². The zero-order chi connectivity index (χ0) is 13.2. The van der Waals surface area contributed by atoms with Crippen LogP contribution in [0.3, 0.4) is 0 Å². The highest BCUT2D eigenvalue weighted by molar-refractivity contribution is 5.52. The number of benzene rings is 1. The molecule has 0 aliphatic carbocycles. The van der Waals surface area contributed by atoms with Crippen molar-refractivity contribution in [2.45, 2.75) is 13.5 Å². The topological polar surface area (TPSA) is 52.5 Å². The van der Waals surface area contributed by atoms with E-state index in [1.54, 1.807) is 0 Å². The quantitative estimate of drug-likeness (QED) is 0.730. The number of rotatable bonds is 3. The van der Waals surface area contributed by atoms with Crippen molar-refractivity contribution in [1.29, 1.82) is 0 Å². The Balaban J connectivity index is 1.83. The fraction of sp³-hybridized carbons (Fsp3) is 0.133. The van der Waals surface area contributed by atoms with Crippen LogP contribution in [0.1, 0.15) is 11.3 Å². The van der Waals surface area contributed by atoms with E-state index in [2.05, 4.69) is 4.98 Å². The first-order chi connectivity index (χ1) is 9.24. The summed E-state index contributed by atoms with van der Waals surface area (Å²) in [4.78, 5) is 4.55. The van der Waals surface area contributed by atoms with Gasteiger partial charge in [0.1, 0.15) is 18.0 Å². The summed E-state index contributed by atoms with van der Waals surface area (Å²) in [5.41, 5.74) is 9.47. The van der Waals surface area contributed by atoms with Crippen LogP contribution in [-0.2, 0) is 6.61 Å². The lowest BCUT2D eigenvalue weighted by Crippen LogP contribution is -1.98. The van der Waals surface area contributed by atoms with E-state index in [1.165, 1.54) is 0 Å². The number of pyridine rings is 1. The molecule has 2 N–H and O–H groups in total. The van der Waals surface area contributed by atoms with E-state index in [0.29, 0.717) is 18.0 Å². The number of nitrogens with two attached hydrogens (primary N) is 1. The third-order valence-electron chi connectivity index (χ3n) is 3.02. The molecule has 0 aliphatic heterocycles.